The minimum Gasteiger partial charge on any atom is -0.332 e. The van der Waals surface area contributed by atoms with E-state index in [1.165, 1.54) is 5.56 Å². The Morgan fingerprint density at radius 2 is 2.37 bits per heavy atom. The lowest BCUT2D eigenvalue weighted by Gasteiger charge is -2.35. The van der Waals surface area contributed by atoms with Crippen LogP contribution in [-0.4, -0.2) is 53.0 Å². The zero-order valence-electron chi connectivity index (χ0n) is 11.5. The van der Waals surface area contributed by atoms with Crippen molar-refractivity contribution in [3.8, 4) is 0 Å². The van der Waals surface area contributed by atoms with Gasteiger partial charge in [0.2, 0.25) is 0 Å². The van der Waals surface area contributed by atoms with Gasteiger partial charge >= 0.3 is 6.03 Å². The Morgan fingerprint density at radius 3 is 3.16 bits per heavy atom. The molecule has 0 unspecified atom stereocenters. The van der Waals surface area contributed by atoms with Crippen LogP contribution in [0.3, 0.4) is 0 Å². The van der Waals surface area contributed by atoms with Gasteiger partial charge < -0.3 is 10.2 Å². The van der Waals surface area contributed by atoms with E-state index in [4.69, 9.17) is 0 Å². The number of nitrogens with zero attached hydrogens (tertiary/aromatic N) is 3. The summed E-state index contributed by atoms with van der Waals surface area (Å²) in [6, 6.07) is 4.81. The minimum atomic E-state index is 0.0643. The van der Waals surface area contributed by atoms with Crippen LogP contribution in [0, 0.1) is 6.92 Å². The van der Waals surface area contributed by atoms with Gasteiger partial charge in [0.15, 0.2) is 0 Å². The third-order valence-electron chi connectivity index (χ3n) is 4.30. The maximum atomic E-state index is 11.6. The maximum absolute atomic E-state index is 11.6. The van der Waals surface area contributed by atoms with Crippen LogP contribution in [0.15, 0.2) is 18.3 Å². The molecule has 1 N–H and O–H groups in total. The van der Waals surface area contributed by atoms with E-state index >= 15 is 0 Å². The van der Waals surface area contributed by atoms with Gasteiger partial charge in [-0.05, 0) is 25.0 Å². The number of likely N-dealkylation sites (N-methyl/N-ethyl adjacent to an activating group) is 1. The van der Waals surface area contributed by atoms with E-state index in [1.807, 2.05) is 31.1 Å². The topological polar surface area (TPSA) is 48.5 Å². The molecule has 19 heavy (non-hydrogen) atoms. The molecule has 0 radical (unpaired) electrons. The highest BCUT2D eigenvalue weighted by molar-refractivity contribution is 5.77. The number of nitrogens with one attached hydrogen (secondary N) is 1. The molecular formula is C14H20N4O. The fourth-order valence-electron chi connectivity index (χ4n) is 3.09. The second-order valence-electron chi connectivity index (χ2n) is 5.51. The summed E-state index contributed by atoms with van der Waals surface area (Å²) in [4.78, 5) is 20.2. The number of hydrogen-bond acceptors (Lipinski definition) is 3. The first-order valence-corrected chi connectivity index (χ1v) is 6.81. The molecule has 2 aliphatic heterocycles. The van der Waals surface area contributed by atoms with Gasteiger partial charge in [-0.1, -0.05) is 6.07 Å². The van der Waals surface area contributed by atoms with E-state index in [0.29, 0.717) is 6.04 Å². The van der Waals surface area contributed by atoms with Gasteiger partial charge in [0.1, 0.15) is 0 Å². The number of pyridine rings is 1. The first-order chi connectivity index (χ1) is 9.15. The molecule has 0 aromatic carbocycles. The molecule has 1 aromatic heterocycles. The molecule has 2 aliphatic rings. The minimum absolute atomic E-state index is 0.0643. The Balaban J connectivity index is 1.66. The molecule has 102 valence electrons. The predicted molar refractivity (Wildman–Crippen MR) is 72.7 cm³/mol. The molecule has 2 amide bonds. The molecule has 0 bridgehead atoms. The van der Waals surface area contributed by atoms with Gasteiger partial charge in [0.05, 0.1) is 12.1 Å². The zero-order chi connectivity index (χ0) is 13.4. The van der Waals surface area contributed by atoms with Crippen molar-refractivity contribution < 1.29 is 4.79 Å². The lowest BCUT2D eigenvalue weighted by Crippen LogP contribution is -2.50. The molecule has 3 rings (SSSR count). The van der Waals surface area contributed by atoms with Crippen molar-refractivity contribution in [3.63, 3.8) is 0 Å². The molecule has 5 nitrogen and oxygen atoms in total. The highest BCUT2D eigenvalue weighted by atomic mass is 16.2. The summed E-state index contributed by atoms with van der Waals surface area (Å²) in [5.74, 6) is 0. The molecule has 0 aliphatic carbocycles. The van der Waals surface area contributed by atoms with Crippen LogP contribution in [0.2, 0.25) is 0 Å². The molecule has 0 spiro atoms. The summed E-state index contributed by atoms with van der Waals surface area (Å²) in [6.45, 7) is 4.93. The molecule has 2 atom stereocenters. The predicted octanol–water partition coefficient (Wildman–Crippen LogP) is 0.988. The number of amides is 2. The molecule has 0 saturated carbocycles. The second kappa shape index (κ2) is 4.81. The third kappa shape index (κ3) is 2.30. The van der Waals surface area contributed by atoms with E-state index in [1.54, 1.807) is 0 Å². The maximum Gasteiger partial charge on any atom is 0.317 e. The monoisotopic (exact) mass is 260 g/mol. The summed E-state index contributed by atoms with van der Waals surface area (Å²) in [7, 11) is 1.89. The van der Waals surface area contributed by atoms with Crippen molar-refractivity contribution in [1.29, 1.82) is 0 Å². The molecule has 2 fully saturated rings. The summed E-state index contributed by atoms with van der Waals surface area (Å²) in [6.07, 6.45) is 2.87. The van der Waals surface area contributed by atoms with Gasteiger partial charge in [0.25, 0.3) is 0 Å². The van der Waals surface area contributed by atoms with Gasteiger partial charge in [-0.15, -0.1) is 0 Å². The highest BCUT2D eigenvalue weighted by Gasteiger charge is 2.40. The summed E-state index contributed by atoms with van der Waals surface area (Å²) < 4.78 is 0. The fraction of sp³-hybridized carbons (Fsp3) is 0.571. The second-order valence-corrected chi connectivity index (χ2v) is 5.51. The van der Waals surface area contributed by atoms with Crippen molar-refractivity contribution in [3.05, 3.63) is 29.6 Å². The van der Waals surface area contributed by atoms with Crippen LogP contribution < -0.4 is 5.32 Å². The number of rotatable bonds is 2. The quantitative estimate of drug-likeness (QED) is 0.862. The van der Waals surface area contributed by atoms with E-state index < -0.39 is 0 Å². The van der Waals surface area contributed by atoms with Crippen molar-refractivity contribution in [2.45, 2.75) is 32.0 Å². The SMILES string of the molecule is Cc1ncccc1CN1CC[C@H]2[C@@H](C1)NC(=O)N2C. The van der Waals surface area contributed by atoms with Gasteiger partial charge in [-0.3, -0.25) is 9.88 Å². The largest absolute Gasteiger partial charge is 0.332 e. The van der Waals surface area contributed by atoms with E-state index in [2.05, 4.69) is 21.3 Å². The summed E-state index contributed by atoms with van der Waals surface area (Å²) in [5, 5.41) is 3.07. The van der Waals surface area contributed by atoms with Crippen molar-refractivity contribution in [2.24, 2.45) is 0 Å². The zero-order valence-corrected chi connectivity index (χ0v) is 11.5. The number of fused-ring (bicyclic) bond motifs is 1. The fourth-order valence-corrected chi connectivity index (χ4v) is 3.09. The van der Waals surface area contributed by atoms with Crippen LogP contribution in [0.4, 0.5) is 4.79 Å². The van der Waals surface area contributed by atoms with Crippen molar-refractivity contribution in [2.75, 3.05) is 20.1 Å². The standard InChI is InChI=1S/C14H20N4O/c1-10-11(4-3-6-15-10)8-18-7-5-13-12(9-18)16-14(19)17(13)2/h3-4,6,12-13H,5,7-9H2,1-2H3,(H,16,19)/t12-,13+/m1/s1. The number of hydrogen-bond donors (Lipinski definition) is 1. The highest BCUT2D eigenvalue weighted by Crippen LogP contribution is 2.22. The Labute approximate surface area is 113 Å². The Morgan fingerprint density at radius 1 is 1.53 bits per heavy atom. The Bertz CT molecular complexity index is 490. The van der Waals surface area contributed by atoms with Gasteiger partial charge in [-0.2, -0.15) is 0 Å². The van der Waals surface area contributed by atoms with Crippen molar-refractivity contribution >= 4 is 6.03 Å². The van der Waals surface area contributed by atoms with Gasteiger partial charge in [-0.25, -0.2) is 4.79 Å². The number of urea groups is 1. The van der Waals surface area contributed by atoms with E-state index in [-0.39, 0.29) is 12.1 Å². The van der Waals surface area contributed by atoms with Crippen molar-refractivity contribution in [1.82, 2.24) is 20.1 Å². The van der Waals surface area contributed by atoms with Crippen LogP contribution in [0.1, 0.15) is 17.7 Å². The number of piperidine rings is 1. The summed E-state index contributed by atoms with van der Waals surface area (Å²) >= 11 is 0. The number of likely N-dealkylation sites (tertiary alicyclic amines) is 1. The lowest BCUT2D eigenvalue weighted by atomic mass is 9.99. The number of carbonyl (C=O) groups is 1. The first-order valence-electron chi connectivity index (χ1n) is 6.81. The molecular weight excluding hydrogens is 240 g/mol. The number of aryl methyl sites for hydroxylation is 1. The lowest BCUT2D eigenvalue weighted by molar-refractivity contribution is 0.147. The third-order valence-corrected chi connectivity index (χ3v) is 4.30. The first kappa shape index (κ1) is 12.4. The van der Waals surface area contributed by atoms with E-state index in [9.17, 15) is 4.79 Å². The normalized spacial score (nSPS) is 27.3. The molecule has 1 aromatic rings. The number of aromatic nitrogens is 1. The van der Waals surface area contributed by atoms with Crippen LogP contribution in [0.25, 0.3) is 0 Å². The Kier molecular flexibility index (Phi) is 3.14. The number of carbonyl (C=O) groups excluding carboxylic acids is 1. The Hall–Kier alpha value is -1.62. The van der Waals surface area contributed by atoms with Crippen LogP contribution in [0.5, 0.6) is 0 Å². The molecule has 2 saturated heterocycles. The van der Waals surface area contributed by atoms with Crippen LogP contribution in [-0.2, 0) is 6.54 Å². The molecule has 3 heterocycles. The average Bonchev–Trinajstić information content (AvgIpc) is 2.68. The summed E-state index contributed by atoms with van der Waals surface area (Å²) in [5.41, 5.74) is 2.37. The smallest absolute Gasteiger partial charge is 0.317 e. The molecule has 5 heteroatoms. The van der Waals surface area contributed by atoms with E-state index in [0.717, 1.165) is 31.7 Å². The van der Waals surface area contributed by atoms with Crippen LogP contribution >= 0.6 is 0 Å². The average molecular weight is 260 g/mol. The van der Waals surface area contributed by atoms with Gasteiger partial charge in [0, 0.05) is 38.6 Å².